The number of piperidine rings is 3. The molecule has 0 spiro atoms. The first-order chi connectivity index (χ1) is 70.9. The smallest absolute Gasteiger partial charge is 0.417 e. The van der Waals surface area contributed by atoms with Crippen LogP contribution in [0.1, 0.15) is 223 Å². The van der Waals surface area contributed by atoms with Crippen LogP contribution < -0.4 is 23.7 Å². The highest BCUT2D eigenvalue weighted by Gasteiger charge is 2.61. The third kappa shape index (κ3) is 25.5. The number of aliphatic hydroxyl groups is 1. The zero-order chi connectivity index (χ0) is 109. The van der Waals surface area contributed by atoms with E-state index in [0.717, 1.165) is 115 Å². The molecule has 150 heavy (non-hydrogen) atoms. The zero-order valence-corrected chi connectivity index (χ0v) is 81.2. The van der Waals surface area contributed by atoms with Crippen molar-refractivity contribution in [2.24, 2.45) is 0 Å². The molecule has 6 saturated heterocycles. The topological polar surface area (TPSA) is 273 Å². The lowest BCUT2D eigenvalue weighted by atomic mass is 9.79. The predicted molar refractivity (Wildman–Crippen MR) is 496 cm³/mol. The molecule has 9 heterocycles. The number of hydrogen-bond donors (Lipinski definition) is 2. The summed E-state index contributed by atoms with van der Waals surface area (Å²) >= 11 is 0. The number of aromatic hydroxyl groups is 1. The van der Waals surface area contributed by atoms with Gasteiger partial charge in [-0.2, -0.15) is 79.0 Å². The molecule has 9 atom stereocenters. The number of hydrogen-bond acceptors (Lipinski definition) is 18. The van der Waals surface area contributed by atoms with E-state index in [1.165, 1.54) is 73.9 Å². The summed E-state index contributed by atoms with van der Waals surface area (Å²) in [5.41, 5.74) is -14.0. The van der Waals surface area contributed by atoms with Crippen molar-refractivity contribution >= 4 is 41.4 Å². The molecule has 6 aliphatic heterocycles. The van der Waals surface area contributed by atoms with E-state index < -0.39 is 199 Å². The third-order valence-corrected chi connectivity index (χ3v) is 27.4. The molecule has 2 N–H and O–H groups in total. The number of aromatic nitrogens is 3. The normalized spacial score (nSPS) is 21.3. The van der Waals surface area contributed by atoms with Gasteiger partial charge in [0.25, 0.3) is 35.4 Å². The third-order valence-electron chi connectivity index (χ3n) is 27.4. The van der Waals surface area contributed by atoms with E-state index in [0.29, 0.717) is 43.9 Å². The molecule has 0 radical (unpaired) electrons. The van der Waals surface area contributed by atoms with Crippen molar-refractivity contribution in [2.75, 3.05) is 85.3 Å². The second-order valence-electron chi connectivity index (χ2n) is 37.0. The van der Waals surface area contributed by atoms with Gasteiger partial charge in [0.1, 0.15) is 71.8 Å². The van der Waals surface area contributed by atoms with Crippen LogP contribution in [0.2, 0.25) is 0 Å². The van der Waals surface area contributed by atoms with Gasteiger partial charge in [0.15, 0.2) is 0 Å². The van der Waals surface area contributed by atoms with Gasteiger partial charge in [-0.15, -0.1) is 0 Å². The number of esters is 1. The van der Waals surface area contributed by atoms with E-state index in [9.17, 15) is 127 Å². The minimum absolute atomic E-state index is 0.00736. The largest absolute Gasteiger partial charge is 0.508 e. The number of amides is 6. The molecule has 9 aromatic rings. The predicted octanol–water partition coefficient (Wildman–Crippen LogP) is 21.5. The summed E-state index contributed by atoms with van der Waals surface area (Å²) in [5.74, 6) is -9.31. The van der Waals surface area contributed by atoms with Crippen LogP contribution in [0.5, 0.6) is 34.5 Å². The lowest BCUT2D eigenvalue weighted by Gasteiger charge is -2.49. The maximum Gasteiger partial charge on any atom is 0.417 e. The van der Waals surface area contributed by atoms with Gasteiger partial charge >= 0.3 is 43.0 Å². The molecular formula is C105H106F21N9O15. The van der Waals surface area contributed by atoms with Crippen molar-refractivity contribution < 1.29 is 164 Å². The lowest BCUT2D eigenvalue weighted by molar-refractivity contribution is -0.158. The number of pyridine rings is 3. The Morgan fingerprint density at radius 3 is 0.947 bits per heavy atom. The lowest BCUT2D eigenvalue weighted by Crippen LogP contribution is -2.67. The number of phenols is 1. The molecule has 15 rings (SSSR count). The van der Waals surface area contributed by atoms with Gasteiger partial charge in [-0.3, -0.25) is 48.5 Å². The summed E-state index contributed by atoms with van der Waals surface area (Å²) < 4.78 is 327. The van der Waals surface area contributed by atoms with E-state index in [1.54, 1.807) is 32.9 Å². The first-order valence-electron chi connectivity index (χ1n) is 48.4. The zero-order valence-electron chi connectivity index (χ0n) is 81.2. The molecule has 6 aromatic carbocycles. The highest BCUT2D eigenvalue weighted by atomic mass is 19.4. The van der Waals surface area contributed by atoms with E-state index in [2.05, 4.69) is 15.0 Å². The number of alkyl halides is 18. The molecule has 0 bridgehead atoms. The monoisotopic (exact) mass is 2130 g/mol. The summed E-state index contributed by atoms with van der Waals surface area (Å²) in [7, 11) is 0. The SMILES string of the molecule is CCC[C@H]1N(C(=O)c2cnccc2C(F)(F)F)CCC[C@@]1(Oc1ccc(C(F)(F)F)cc1)C(=O)N1CCC(c2c(F)cccc2OCCO)C1.CCC[C@H]1N(C(=O)c2cnccc2C(F)(F)F)CCC[C@@]1(Oc1ccc(C(F)(F)F)cc1)C(=O)N1CCC(c2c(F)cccc2OCCOC(C)=O)C1.CCC[C@H]1N(C(=O)c2cnccc2C(F)(F)F)CCC[C@@]1(Oc1ccc(C(F)(F)F)cc1)C(=O)N1CCC(c2c(O)cccc2F)C1. The van der Waals surface area contributed by atoms with Crippen molar-refractivity contribution in [1.82, 2.24) is 44.4 Å². The minimum Gasteiger partial charge on any atom is -0.508 e. The summed E-state index contributed by atoms with van der Waals surface area (Å²) in [6, 6.07) is 22.0. The molecule has 45 heteroatoms. The molecule has 24 nitrogen and oxygen atoms in total. The average molecular weight is 2130 g/mol. The summed E-state index contributed by atoms with van der Waals surface area (Å²) in [4.78, 5) is 116. The van der Waals surface area contributed by atoms with Crippen molar-refractivity contribution in [3.63, 3.8) is 0 Å². The Morgan fingerprint density at radius 1 is 0.373 bits per heavy atom. The van der Waals surface area contributed by atoms with Crippen LogP contribution in [0.25, 0.3) is 0 Å². The standard InChI is InChI=1S/C37H38F7N3O6.C35H36F7N3O5.C33H32F7N3O4/c1-3-6-31-35(53-26-11-9-25(10-12-26)36(39,40)41,15-5-17-47(31)33(49)27-21-45-16-13-28(27)37(42,43)44)34(50)46-18-14-24(22-46)32-29(38)7-4-8-30(32)52-20-19-51-23(2)48;1-2-5-29-33(50-24-10-8-23(9-11-24)34(37,38)39,14-4-16-45(29)31(47)25-20-43-15-12-26(25)35(40,41)42)32(48)44-17-13-22(21-44)30-27(36)6-3-7-28(30)49-19-18-46;1-2-5-27-31(47-22-10-8-21(9-11-22)32(35,36)37,30(46)42-17-13-20(19-42)28-25(34)6-3-7-26(28)44)14-4-16-43(27)29(45)23-18-41-15-12-24(23)33(38,39)40/h4,7-13,16,21,24,31H,3,5-6,14-15,17-20,22H2,1-2H3;3,6-12,15,20,22,29,46H,2,4-5,13-14,16-19,21H2,1H3;3,6-12,15,18,20,27,44H,2,4-5,13-14,16-17,19H2,1H3/t24?,31-,35+;22?,29-,33+;20?,27-,31+/m111/s1. The molecule has 6 fully saturated rings. The molecule has 0 aliphatic carbocycles. The molecule has 0 saturated carbocycles. The maximum atomic E-state index is 15.4. The number of benzene rings is 6. The number of ether oxygens (including phenoxy) is 6. The number of phenolic OH excluding ortho intramolecular Hbond substituents is 1. The van der Waals surface area contributed by atoms with E-state index in [1.807, 2.05) is 0 Å². The fraction of sp³-hybridized carbons (Fsp3) is 0.448. The molecular weight excluding hydrogens is 2030 g/mol. The number of nitrogens with zero attached hydrogens (tertiary/aromatic N) is 9. The van der Waals surface area contributed by atoms with Gasteiger partial charge in [0, 0.05) is 157 Å². The van der Waals surface area contributed by atoms with E-state index in [4.69, 9.17) is 28.4 Å². The minimum atomic E-state index is -4.89. The average Bonchev–Trinajstić information content (AvgIpc) is 1.29. The van der Waals surface area contributed by atoms with Gasteiger partial charge in [0.05, 0.1) is 74.8 Å². The molecule has 3 unspecified atom stereocenters. The van der Waals surface area contributed by atoms with Gasteiger partial charge in [-0.25, -0.2) is 13.2 Å². The number of likely N-dealkylation sites (tertiary alicyclic amines) is 6. The van der Waals surface area contributed by atoms with Crippen LogP contribution in [0, 0.1) is 17.5 Å². The van der Waals surface area contributed by atoms with Crippen LogP contribution in [0.4, 0.5) is 92.2 Å². The van der Waals surface area contributed by atoms with Gasteiger partial charge < -0.3 is 68.0 Å². The summed E-state index contributed by atoms with van der Waals surface area (Å²) in [5, 5.41) is 19.6. The number of halogens is 21. The second-order valence-corrected chi connectivity index (χ2v) is 37.0. The van der Waals surface area contributed by atoms with Crippen molar-refractivity contribution in [1.29, 1.82) is 0 Å². The Morgan fingerprint density at radius 2 is 0.667 bits per heavy atom. The quantitative estimate of drug-likeness (QED) is 0.0262. The Kier molecular flexibility index (Phi) is 35.8. The van der Waals surface area contributed by atoms with Gasteiger partial charge in [-0.05, 0) is 185 Å². The Hall–Kier alpha value is -13.7. The first-order valence-corrected chi connectivity index (χ1v) is 48.4. The molecule has 6 aliphatic rings. The highest BCUT2D eigenvalue weighted by Crippen LogP contribution is 2.50. The maximum absolute atomic E-state index is 15.4. The first kappa shape index (κ1) is 114. The molecule has 6 amide bonds. The van der Waals surface area contributed by atoms with Gasteiger partial charge in [0.2, 0.25) is 16.8 Å². The number of rotatable bonds is 28. The van der Waals surface area contributed by atoms with Crippen LogP contribution in [0.3, 0.4) is 0 Å². The Labute approximate surface area is 847 Å². The fourth-order valence-corrected chi connectivity index (χ4v) is 20.7. The summed E-state index contributed by atoms with van der Waals surface area (Å²) in [6.45, 7) is 6.08. The highest BCUT2D eigenvalue weighted by molar-refractivity contribution is 5.99. The van der Waals surface area contributed by atoms with Crippen LogP contribution in [-0.2, 0) is 61.0 Å². The number of carbonyl (C=O) groups excluding carboxylic acids is 7. The summed E-state index contributed by atoms with van der Waals surface area (Å²) in [6.07, 6.45) is -20.9. The number of carbonyl (C=O) groups is 7. The van der Waals surface area contributed by atoms with Crippen LogP contribution >= 0.6 is 0 Å². The van der Waals surface area contributed by atoms with Crippen molar-refractivity contribution in [3.8, 4) is 34.5 Å². The molecule has 808 valence electrons. The fourth-order valence-electron chi connectivity index (χ4n) is 20.7. The van der Waals surface area contributed by atoms with Crippen molar-refractivity contribution in [2.45, 2.75) is 214 Å². The van der Waals surface area contributed by atoms with Gasteiger partial charge in [-0.1, -0.05) is 58.2 Å². The second kappa shape index (κ2) is 47.3. The van der Waals surface area contributed by atoms with E-state index >= 15 is 8.78 Å². The Bertz CT molecular complexity index is 6220. The van der Waals surface area contributed by atoms with Crippen LogP contribution in [0.15, 0.2) is 183 Å². The number of aliphatic hydroxyl groups excluding tert-OH is 1. The van der Waals surface area contributed by atoms with Crippen LogP contribution in [-0.4, -0.2) is 216 Å². The Balaban J connectivity index is 0.000000188. The van der Waals surface area contributed by atoms with E-state index in [-0.39, 0.29) is 207 Å². The van der Waals surface area contributed by atoms with Crippen molar-refractivity contribution in [3.05, 3.63) is 267 Å². The molecule has 3 aromatic heterocycles.